The predicted molar refractivity (Wildman–Crippen MR) is 220 cm³/mol. The van der Waals surface area contributed by atoms with Crippen LogP contribution in [0.15, 0.2) is 97.2 Å². The lowest BCUT2D eigenvalue weighted by Crippen LogP contribution is -2.45. The maximum atomic E-state index is 12.3. The minimum atomic E-state index is -0.674. The number of hydrogen-bond donors (Lipinski definition) is 3. The van der Waals surface area contributed by atoms with Crippen LogP contribution in [-0.4, -0.2) is 34.9 Å². The first kappa shape index (κ1) is 47.3. The van der Waals surface area contributed by atoms with Crippen molar-refractivity contribution in [1.29, 1.82) is 0 Å². The second kappa shape index (κ2) is 40.7. The summed E-state index contributed by atoms with van der Waals surface area (Å²) in [5.74, 6) is -0.0640. The standard InChI is InChI=1S/C46H77NO3/c1-3-5-7-9-11-13-14-15-16-17-18-19-20-21-22-23-24-25-26-27-28-29-30-31-32-34-36-38-40-42-46(50)47-44(43-48)45(49)41-39-37-35-33-12-10-8-6-4-2/h5,7,11,13,15-16,18-19,21-22,24-25,27-28,30-31,44-45,48-49H,3-4,6,8-10,12,14,17,20,23,26,29,32-43H2,1-2H3,(H,47,50)/b7-5-,13-11-,16-15-,19-18-,22-21-,25-24-,28-27-,31-30-. The molecule has 284 valence electrons. The Bertz CT molecular complexity index is 968. The molecule has 0 bridgehead atoms. The Morgan fingerprint density at radius 1 is 0.500 bits per heavy atom. The Kier molecular flexibility index (Phi) is 38.5. The predicted octanol–water partition coefficient (Wildman–Crippen LogP) is 12.7. The van der Waals surface area contributed by atoms with Gasteiger partial charge in [0.25, 0.3) is 0 Å². The Morgan fingerprint density at radius 2 is 0.880 bits per heavy atom. The lowest BCUT2D eigenvalue weighted by Gasteiger charge is -2.22. The Hall–Kier alpha value is -2.69. The van der Waals surface area contributed by atoms with E-state index in [1.54, 1.807) is 0 Å². The number of carbonyl (C=O) groups is 1. The monoisotopic (exact) mass is 692 g/mol. The van der Waals surface area contributed by atoms with E-state index in [1.165, 1.54) is 44.9 Å². The molecule has 2 atom stereocenters. The molecule has 0 aromatic rings. The summed E-state index contributed by atoms with van der Waals surface area (Å²) in [5.41, 5.74) is 0. The molecule has 0 aromatic carbocycles. The first-order chi connectivity index (χ1) is 24.7. The fourth-order valence-corrected chi connectivity index (χ4v) is 5.49. The lowest BCUT2D eigenvalue weighted by molar-refractivity contribution is -0.123. The van der Waals surface area contributed by atoms with Gasteiger partial charge in [-0.05, 0) is 77.0 Å². The zero-order chi connectivity index (χ0) is 36.4. The summed E-state index contributed by atoms with van der Waals surface area (Å²) in [5, 5.41) is 23.0. The Morgan fingerprint density at radius 3 is 1.32 bits per heavy atom. The van der Waals surface area contributed by atoms with Crippen molar-refractivity contribution in [1.82, 2.24) is 5.32 Å². The zero-order valence-electron chi connectivity index (χ0n) is 32.4. The normalized spacial score (nSPS) is 14.1. The number of aliphatic hydroxyl groups excluding tert-OH is 2. The minimum Gasteiger partial charge on any atom is -0.394 e. The van der Waals surface area contributed by atoms with Crippen molar-refractivity contribution in [3.63, 3.8) is 0 Å². The molecule has 50 heavy (non-hydrogen) atoms. The van der Waals surface area contributed by atoms with Crippen molar-refractivity contribution in [3.8, 4) is 0 Å². The van der Waals surface area contributed by atoms with Gasteiger partial charge in [-0.15, -0.1) is 0 Å². The van der Waals surface area contributed by atoms with Crippen LogP contribution in [0.25, 0.3) is 0 Å². The van der Waals surface area contributed by atoms with Crippen LogP contribution in [0.1, 0.15) is 168 Å². The van der Waals surface area contributed by atoms with Gasteiger partial charge in [0, 0.05) is 6.42 Å². The van der Waals surface area contributed by atoms with Gasteiger partial charge < -0.3 is 15.5 Å². The molecule has 0 aliphatic rings. The average Bonchev–Trinajstić information content (AvgIpc) is 3.12. The molecule has 3 N–H and O–H groups in total. The number of nitrogens with one attached hydrogen (secondary N) is 1. The van der Waals surface area contributed by atoms with Crippen LogP contribution in [0.3, 0.4) is 0 Å². The molecule has 0 fully saturated rings. The summed E-state index contributed by atoms with van der Waals surface area (Å²) in [6.07, 6.45) is 60.5. The highest BCUT2D eigenvalue weighted by atomic mass is 16.3. The van der Waals surface area contributed by atoms with Crippen LogP contribution >= 0.6 is 0 Å². The van der Waals surface area contributed by atoms with Crippen molar-refractivity contribution in [2.45, 2.75) is 180 Å². The van der Waals surface area contributed by atoms with Crippen LogP contribution in [-0.2, 0) is 4.79 Å². The summed E-state index contributed by atoms with van der Waals surface area (Å²) in [7, 11) is 0. The highest BCUT2D eigenvalue weighted by molar-refractivity contribution is 5.76. The number of allylic oxidation sites excluding steroid dienone is 16. The maximum Gasteiger partial charge on any atom is 0.220 e. The molecular formula is C46H77NO3. The van der Waals surface area contributed by atoms with Crippen LogP contribution in [0.2, 0.25) is 0 Å². The highest BCUT2D eigenvalue weighted by Crippen LogP contribution is 2.13. The van der Waals surface area contributed by atoms with E-state index in [4.69, 9.17) is 0 Å². The molecule has 4 nitrogen and oxygen atoms in total. The third-order valence-electron chi connectivity index (χ3n) is 8.61. The van der Waals surface area contributed by atoms with E-state index >= 15 is 0 Å². The van der Waals surface area contributed by atoms with Gasteiger partial charge in [0.2, 0.25) is 5.91 Å². The molecule has 0 aromatic heterocycles. The van der Waals surface area contributed by atoms with Crippen molar-refractivity contribution in [2.75, 3.05) is 6.61 Å². The van der Waals surface area contributed by atoms with Crippen LogP contribution in [0, 0.1) is 0 Å². The van der Waals surface area contributed by atoms with E-state index in [9.17, 15) is 15.0 Å². The average molecular weight is 692 g/mol. The van der Waals surface area contributed by atoms with Crippen LogP contribution < -0.4 is 5.32 Å². The molecule has 4 heteroatoms. The third kappa shape index (κ3) is 36.6. The molecule has 0 radical (unpaired) electrons. The zero-order valence-corrected chi connectivity index (χ0v) is 32.4. The molecule has 0 saturated carbocycles. The van der Waals surface area contributed by atoms with Gasteiger partial charge in [0.15, 0.2) is 0 Å². The van der Waals surface area contributed by atoms with Crippen molar-refractivity contribution >= 4 is 5.91 Å². The number of unbranched alkanes of at least 4 members (excludes halogenated alkanes) is 12. The van der Waals surface area contributed by atoms with Gasteiger partial charge >= 0.3 is 0 Å². The van der Waals surface area contributed by atoms with Gasteiger partial charge in [-0.3, -0.25) is 4.79 Å². The topological polar surface area (TPSA) is 69.6 Å². The van der Waals surface area contributed by atoms with E-state index < -0.39 is 12.1 Å². The molecule has 0 spiro atoms. The van der Waals surface area contributed by atoms with E-state index in [-0.39, 0.29) is 12.5 Å². The summed E-state index contributed by atoms with van der Waals surface area (Å²) < 4.78 is 0. The fraction of sp³-hybridized carbons (Fsp3) is 0.630. The molecule has 0 aliphatic heterocycles. The SMILES string of the molecule is CC/C=C\C/C=C\C/C=C\C/C=C\C/C=C\C/C=C\C/C=C\C/C=C\CCCCCCC(=O)NC(CO)C(O)CCCCCCCCCCC. The molecule has 0 aliphatic carbocycles. The van der Waals surface area contributed by atoms with Crippen molar-refractivity contribution in [2.24, 2.45) is 0 Å². The van der Waals surface area contributed by atoms with Crippen molar-refractivity contribution < 1.29 is 15.0 Å². The van der Waals surface area contributed by atoms with E-state index in [1.807, 2.05) is 0 Å². The second-order valence-corrected chi connectivity index (χ2v) is 13.3. The quantitative estimate of drug-likeness (QED) is 0.0458. The smallest absolute Gasteiger partial charge is 0.220 e. The van der Waals surface area contributed by atoms with Crippen LogP contribution in [0.4, 0.5) is 0 Å². The van der Waals surface area contributed by atoms with Crippen molar-refractivity contribution in [3.05, 3.63) is 97.2 Å². The molecular weight excluding hydrogens is 615 g/mol. The summed E-state index contributed by atoms with van der Waals surface area (Å²) >= 11 is 0. The number of rotatable bonds is 35. The number of aliphatic hydroxyl groups is 2. The van der Waals surface area contributed by atoms with Gasteiger partial charge in [0.1, 0.15) is 0 Å². The maximum absolute atomic E-state index is 12.3. The minimum absolute atomic E-state index is 0.0640. The number of amides is 1. The highest BCUT2D eigenvalue weighted by Gasteiger charge is 2.19. The number of hydrogen-bond acceptors (Lipinski definition) is 3. The third-order valence-corrected chi connectivity index (χ3v) is 8.61. The molecule has 0 heterocycles. The second-order valence-electron chi connectivity index (χ2n) is 13.3. The summed E-state index contributed by atoms with van der Waals surface area (Å²) in [6, 6.07) is -0.554. The molecule has 0 rings (SSSR count). The Balaban J connectivity index is 3.69. The first-order valence-corrected chi connectivity index (χ1v) is 20.4. The molecule has 2 unspecified atom stereocenters. The Labute approximate surface area is 309 Å². The van der Waals surface area contributed by atoms with Gasteiger partial charge in [-0.25, -0.2) is 0 Å². The summed E-state index contributed by atoms with van der Waals surface area (Å²) in [6.45, 7) is 4.19. The van der Waals surface area contributed by atoms with E-state index in [0.717, 1.165) is 96.3 Å². The van der Waals surface area contributed by atoms with Gasteiger partial charge in [0.05, 0.1) is 18.8 Å². The van der Waals surface area contributed by atoms with E-state index in [2.05, 4.69) is 116 Å². The van der Waals surface area contributed by atoms with Gasteiger partial charge in [-0.1, -0.05) is 182 Å². The summed E-state index contributed by atoms with van der Waals surface area (Å²) in [4.78, 5) is 12.3. The molecule has 1 amide bonds. The molecule has 0 saturated heterocycles. The largest absolute Gasteiger partial charge is 0.394 e. The number of carbonyl (C=O) groups excluding carboxylic acids is 1. The lowest BCUT2D eigenvalue weighted by atomic mass is 10.0. The van der Waals surface area contributed by atoms with Crippen LogP contribution in [0.5, 0.6) is 0 Å². The fourth-order valence-electron chi connectivity index (χ4n) is 5.49. The first-order valence-electron chi connectivity index (χ1n) is 20.4. The van der Waals surface area contributed by atoms with Gasteiger partial charge in [-0.2, -0.15) is 0 Å². The van der Waals surface area contributed by atoms with E-state index in [0.29, 0.717) is 12.8 Å².